The highest BCUT2D eigenvalue weighted by Gasteiger charge is 2.35. The lowest BCUT2D eigenvalue weighted by Crippen LogP contribution is -2.37. The number of pyridine rings is 1. The highest BCUT2D eigenvalue weighted by atomic mass is 19.1. The zero-order valence-corrected chi connectivity index (χ0v) is 11.2. The summed E-state index contributed by atoms with van der Waals surface area (Å²) in [6.45, 7) is 1.68. The predicted octanol–water partition coefficient (Wildman–Crippen LogP) is 1.39. The summed E-state index contributed by atoms with van der Waals surface area (Å²) in [5.41, 5.74) is 0.584. The number of aromatic nitrogens is 1. The number of anilines is 1. The minimum Gasteiger partial charge on any atom is -0.392 e. The van der Waals surface area contributed by atoms with Gasteiger partial charge in [0.1, 0.15) is 11.6 Å². The highest BCUT2D eigenvalue weighted by Crippen LogP contribution is 2.31. The average molecular weight is 265 g/mol. The maximum atomic E-state index is 13.2. The molecule has 1 aromatic heterocycles. The molecule has 5 heteroatoms. The molecule has 1 aromatic rings. The lowest BCUT2D eigenvalue weighted by Gasteiger charge is -2.28. The number of halogens is 1. The molecule has 19 heavy (non-hydrogen) atoms. The number of fused-ring (bicyclic) bond motifs is 2. The summed E-state index contributed by atoms with van der Waals surface area (Å²) < 4.78 is 13.2. The van der Waals surface area contributed by atoms with Crippen molar-refractivity contribution in [2.45, 2.75) is 38.0 Å². The van der Waals surface area contributed by atoms with Gasteiger partial charge in [-0.15, -0.1) is 0 Å². The van der Waals surface area contributed by atoms with Crippen LogP contribution in [0.3, 0.4) is 0 Å². The monoisotopic (exact) mass is 265 g/mol. The van der Waals surface area contributed by atoms with E-state index in [-0.39, 0.29) is 12.4 Å². The first-order valence-corrected chi connectivity index (χ1v) is 6.91. The molecule has 3 heterocycles. The molecule has 0 aliphatic carbocycles. The number of aliphatic hydroxyl groups is 1. The van der Waals surface area contributed by atoms with E-state index in [1.165, 1.54) is 25.1 Å². The van der Waals surface area contributed by atoms with Crippen LogP contribution in [0.1, 0.15) is 24.8 Å². The second-order valence-electron chi connectivity index (χ2n) is 5.58. The lowest BCUT2D eigenvalue weighted by atomic mass is 10.1. The molecule has 2 unspecified atom stereocenters. The third-order valence-electron chi connectivity index (χ3n) is 4.53. The van der Waals surface area contributed by atoms with Crippen molar-refractivity contribution in [3.63, 3.8) is 0 Å². The Morgan fingerprint density at radius 1 is 1.37 bits per heavy atom. The smallest absolute Gasteiger partial charge is 0.142 e. The maximum Gasteiger partial charge on any atom is 0.142 e. The Hall–Kier alpha value is -1.20. The normalized spacial score (nSPS) is 27.6. The average Bonchev–Trinajstić information content (AvgIpc) is 2.64. The minimum atomic E-state index is -0.388. The Balaban J connectivity index is 1.86. The van der Waals surface area contributed by atoms with Crippen molar-refractivity contribution >= 4 is 5.82 Å². The van der Waals surface area contributed by atoms with Gasteiger partial charge in [0.2, 0.25) is 0 Å². The summed E-state index contributed by atoms with van der Waals surface area (Å²) >= 11 is 0. The van der Waals surface area contributed by atoms with Gasteiger partial charge in [-0.2, -0.15) is 0 Å². The van der Waals surface area contributed by atoms with Crippen LogP contribution in [0.15, 0.2) is 12.3 Å². The number of rotatable bonds is 2. The molecule has 0 aromatic carbocycles. The third kappa shape index (κ3) is 2.32. The van der Waals surface area contributed by atoms with Crippen molar-refractivity contribution in [3.8, 4) is 0 Å². The van der Waals surface area contributed by atoms with Crippen LogP contribution in [0, 0.1) is 5.82 Å². The Morgan fingerprint density at radius 2 is 2.16 bits per heavy atom. The van der Waals surface area contributed by atoms with Crippen LogP contribution in [0.5, 0.6) is 0 Å². The van der Waals surface area contributed by atoms with Crippen molar-refractivity contribution in [1.82, 2.24) is 9.88 Å². The van der Waals surface area contributed by atoms with E-state index in [0.29, 0.717) is 17.6 Å². The molecule has 0 radical (unpaired) electrons. The number of aliphatic hydroxyl groups excluding tert-OH is 1. The van der Waals surface area contributed by atoms with Crippen molar-refractivity contribution in [3.05, 3.63) is 23.6 Å². The number of likely N-dealkylation sites (N-methyl/N-ethyl adjacent to an activating group) is 1. The number of nitrogens with zero attached hydrogens (tertiary/aromatic N) is 3. The first kappa shape index (κ1) is 12.8. The molecule has 0 saturated carbocycles. The Labute approximate surface area is 112 Å². The molecule has 2 bridgehead atoms. The van der Waals surface area contributed by atoms with Gasteiger partial charge in [0.15, 0.2) is 0 Å². The lowest BCUT2D eigenvalue weighted by molar-refractivity contribution is 0.254. The van der Waals surface area contributed by atoms with E-state index in [1.54, 1.807) is 0 Å². The van der Waals surface area contributed by atoms with Crippen molar-refractivity contribution < 1.29 is 9.50 Å². The van der Waals surface area contributed by atoms with Gasteiger partial charge in [0, 0.05) is 30.7 Å². The summed E-state index contributed by atoms with van der Waals surface area (Å²) in [6.07, 6.45) is 4.84. The molecule has 0 amide bonds. The van der Waals surface area contributed by atoms with E-state index < -0.39 is 0 Å². The second-order valence-corrected chi connectivity index (χ2v) is 5.58. The van der Waals surface area contributed by atoms with Gasteiger partial charge in [-0.1, -0.05) is 0 Å². The van der Waals surface area contributed by atoms with Crippen LogP contribution >= 0.6 is 0 Å². The van der Waals surface area contributed by atoms with Crippen molar-refractivity contribution in [2.75, 3.05) is 25.0 Å². The van der Waals surface area contributed by atoms with Crippen LogP contribution in [0.2, 0.25) is 0 Å². The van der Waals surface area contributed by atoms with Crippen LogP contribution in [0.25, 0.3) is 0 Å². The van der Waals surface area contributed by atoms with Crippen LogP contribution < -0.4 is 4.90 Å². The molecule has 2 aliphatic heterocycles. The summed E-state index contributed by atoms with van der Waals surface area (Å²) in [4.78, 5) is 8.86. The zero-order valence-electron chi connectivity index (χ0n) is 11.2. The molecule has 1 N–H and O–H groups in total. The van der Waals surface area contributed by atoms with E-state index in [1.807, 2.05) is 0 Å². The van der Waals surface area contributed by atoms with Gasteiger partial charge in [0.25, 0.3) is 0 Å². The van der Waals surface area contributed by atoms with E-state index in [4.69, 9.17) is 0 Å². The second kappa shape index (κ2) is 5.06. The fourth-order valence-corrected chi connectivity index (χ4v) is 3.38. The predicted molar refractivity (Wildman–Crippen MR) is 71.5 cm³/mol. The maximum absolute atomic E-state index is 13.2. The highest BCUT2D eigenvalue weighted by molar-refractivity contribution is 5.47. The van der Waals surface area contributed by atoms with Gasteiger partial charge in [-0.25, -0.2) is 9.37 Å². The summed E-state index contributed by atoms with van der Waals surface area (Å²) in [5.74, 6) is 0.353. The zero-order chi connectivity index (χ0) is 13.4. The molecule has 2 saturated heterocycles. The van der Waals surface area contributed by atoms with Crippen LogP contribution in [-0.2, 0) is 6.61 Å². The van der Waals surface area contributed by atoms with Gasteiger partial charge in [-0.3, -0.25) is 4.90 Å². The third-order valence-corrected chi connectivity index (χ3v) is 4.53. The van der Waals surface area contributed by atoms with Crippen molar-refractivity contribution in [2.24, 2.45) is 0 Å². The topological polar surface area (TPSA) is 39.6 Å². The summed E-state index contributed by atoms with van der Waals surface area (Å²) in [5, 5.41) is 9.38. The first-order valence-electron chi connectivity index (χ1n) is 6.91. The van der Waals surface area contributed by atoms with Crippen molar-refractivity contribution in [1.29, 1.82) is 0 Å². The number of hydrogen-bond acceptors (Lipinski definition) is 4. The molecule has 0 spiro atoms. The Bertz CT molecular complexity index is 468. The Morgan fingerprint density at radius 3 is 2.95 bits per heavy atom. The van der Waals surface area contributed by atoms with Crippen LogP contribution in [0.4, 0.5) is 10.2 Å². The summed E-state index contributed by atoms with van der Waals surface area (Å²) in [6, 6.07) is 2.59. The number of hydrogen-bond donors (Lipinski definition) is 1. The summed E-state index contributed by atoms with van der Waals surface area (Å²) in [7, 11) is 2.19. The molecule has 2 aliphatic rings. The SMILES string of the molecule is CN1C2CCC1CN(c1ncc(F)cc1CO)CC2. The van der Waals surface area contributed by atoms with E-state index >= 15 is 0 Å². The quantitative estimate of drug-likeness (QED) is 0.877. The molecule has 2 atom stereocenters. The largest absolute Gasteiger partial charge is 0.392 e. The first-order chi connectivity index (χ1) is 9.19. The molecule has 2 fully saturated rings. The fourth-order valence-electron chi connectivity index (χ4n) is 3.38. The van der Waals surface area contributed by atoms with E-state index in [0.717, 1.165) is 25.3 Å². The minimum absolute atomic E-state index is 0.166. The van der Waals surface area contributed by atoms with Gasteiger partial charge >= 0.3 is 0 Å². The molecular weight excluding hydrogens is 245 g/mol. The van der Waals surface area contributed by atoms with Crippen LogP contribution in [-0.4, -0.2) is 47.2 Å². The molecule has 4 nitrogen and oxygen atoms in total. The van der Waals surface area contributed by atoms with E-state index in [2.05, 4.69) is 21.8 Å². The molecular formula is C14H20FN3O. The molecule has 3 rings (SSSR count). The Kier molecular flexibility index (Phi) is 3.41. The molecule has 104 valence electrons. The van der Waals surface area contributed by atoms with Gasteiger partial charge in [-0.05, 0) is 32.4 Å². The standard InChI is InChI=1S/C14H20FN3O/c1-17-12-2-3-13(17)8-18(5-4-12)14-10(9-19)6-11(15)7-16-14/h6-7,12-13,19H,2-5,8-9H2,1H3. The fraction of sp³-hybridized carbons (Fsp3) is 0.643. The van der Waals surface area contributed by atoms with Gasteiger partial charge < -0.3 is 10.0 Å². The van der Waals surface area contributed by atoms with E-state index in [9.17, 15) is 9.50 Å². The van der Waals surface area contributed by atoms with Gasteiger partial charge in [0.05, 0.1) is 12.8 Å².